The van der Waals surface area contributed by atoms with Gasteiger partial charge < -0.3 is 14.2 Å². The molecular formula is C17H17N3O3S. The van der Waals surface area contributed by atoms with Crippen LogP contribution in [0.1, 0.15) is 33.4 Å². The Kier molecular flexibility index (Phi) is 4.40. The number of carbonyl (C=O) groups is 2. The van der Waals surface area contributed by atoms with E-state index in [9.17, 15) is 9.59 Å². The standard InChI is InChI=1S/C17H17N3O3S/c1-19-9-11(8-18)6-13(19)17(22)23-10-12-7-15(21)20(2)16(12)14-4-3-5-24-14/h3-6,9,12,16H,7,10H2,1-2H3/t12-,16+/m0/s1. The number of amides is 1. The quantitative estimate of drug-likeness (QED) is 0.799. The molecule has 1 saturated heterocycles. The molecule has 0 aromatic carbocycles. The van der Waals surface area contributed by atoms with E-state index in [-0.39, 0.29) is 24.5 Å². The number of thiophene rings is 1. The second-order valence-corrected chi connectivity index (χ2v) is 6.84. The second-order valence-electron chi connectivity index (χ2n) is 5.86. The fourth-order valence-corrected chi connectivity index (χ4v) is 4.03. The van der Waals surface area contributed by atoms with Gasteiger partial charge in [0.25, 0.3) is 0 Å². The molecule has 1 aliphatic rings. The summed E-state index contributed by atoms with van der Waals surface area (Å²) in [6, 6.07) is 7.39. The molecule has 24 heavy (non-hydrogen) atoms. The van der Waals surface area contributed by atoms with Gasteiger partial charge in [-0.1, -0.05) is 6.07 Å². The Hall–Kier alpha value is -2.59. The minimum Gasteiger partial charge on any atom is -0.461 e. The number of likely N-dealkylation sites (tertiary alicyclic amines) is 1. The number of aryl methyl sites for hydroxylation is 1. The van der Waals surface area contributed by atoms with Crippen LogP contribution in [0.15, 0.2) is 29.8 Å². The summed E-state index contributed by atoms with van der Waals surface area (Å²) in [4.78, 5) is 27.1. The van der Waals surface area contributed by atoms with Gasteiger partial charge in [-0.05, 0) is 17.5 Å². The van der Waals surface area contributed by atoms with E-state index >= 15 is 0 Å². The third-order valence-corrected chi connectivity index (χ3v) is 5.24. The summed E-state index contributed by atoms with van der Waals surface area (Å²) in [6.45, 7) is 0.171. The van der Waals surface area contributed by atoms with Gasteiger partial charge in [-0.15, -0.1) is 11.3 Å². The summed E-state index contributed by atoms with van der Waals surface area (Å²) in [5, 5.41) is 10.9. The van der Waals surface area contributed by atoms with Crippen LogP contribution in [0.4, 0.5) is 0 Å². The maximum atomic E-state index is 12.3. The van der Waals surface area contributed by atoms with Crippen LogP contribution in [0.5, 0.6) is 0 Å². The molecule has 1 aliphatic heterocycles. The molecule has 0 unspecified atom stereocenters. The van der Waals surface area contributed by atoms with E-state index in [4.69, 9.17) is 10.00 Å². The lowest BCUT2D eigenvalue weighted by Gasteiger charge is -2.23. The Bertz CT molecular complexity index is 804. The van der Waals surface area contributed by atoms with Crippen LogP contribution in [0, 0.1) is 17.2 Å². The second kappa shape index (κ2) is 6.49. The summed E-state index contributed by atoms with van der Waals surface area (Å²) in [5.74, 6) is -0.494. The molecule has 3 rings (SSSR count). The first-order valence-electron chi connectivity index (χ1n) is 7.54. The highest BCUT2D eigenvalue weighted by Crippen LogP contribution is 2.39. The minimum atomic E-state index is -0.481. The number of esters is 1. The van der Waals surface area contributed by atoms with Crippen molar-refractivity contribution in [1.29, 1.82) is 5.26 Å². The Morgan fingerprint density at radius 1 is 1.50 bits per heavy atom. The maximum Gasteiger partial charge on any atom is 0.354 e. The first-order chi connectivity index (χ1) is 11.5. The van der Waals surface area contributed by atoms with Crippen LogP contribution in [0.25, 0.3) is 0 Å². The number of nitriles is 1. The molecule has 6 nitrogen and oxygen atoms in total. The third kappa shape index (κ3) is 2.93. The molecule has 2 aromatic heterocycles. The lowest BCUT2D eigenvalue weighted by molar-refractivity contribution is -0.127. The molecule has 1 amide bonds. The van der Waals surface area contributed by atoms with Crippen LogP contribution in [0.3, 0.4) is 0 Å². The number of hydrogen-bond donors (Lipinski definition) is 0. The lowest BCUT2D eigenvalue weighted by atomic mass is 10.00. The lowest BCUT2D eigenvalue weighted by Crippen LogP contribution is -2.25. The van der Waals surface area contributed by atoms with E-state index in [0.29, 0.717) is 17.7 Å². The molecule has 2 atom stereocenters. The number of ether oxygens (including phenoxy) is 1. The fraction of sp³-hybridized carbons (Fsp3) is 0.353. The largest absolute Gasteiger partial charge is 0.461 e. The van der Waals surface area contributed by atoms with Crippen molar-refractivity contribution < 1.29 is 14.3 Å². The highest BCUT2D eigenvalue weighted by molar-refractivity contribution is 7.10. The van der Waals surface area contributed by atoms with Crippen molar-refractivity contribution in [2.45, 2.75) is 12.5 Å². The van der Waals surface area contributed by atoms with Crippen molar-refractivity contribution in [3.05, 3.63) is 45.9 Å². The number of nitrogens with zero attached hydrogens (tertiary/aromatic N) is 3. The van der Waals surface area contributed by atoms with Gasteiger partial charge in [0, 0.05) is 37.5 Å². The van der Waals surface area contributed by atoms with E-state index in [0.717, 1.165) is 4.88 Å². The molecule has 0 saturated carbocycles. The van der Waals surface area contributed by atoms with E-state index in [1.54, 1.807) is 41.1 Å². The number of hydrogen-bond acceptors (Lipinski definition) is 5. The molecule has 124 valence electrons. The molecule has 1 fully saturated rings. The number of aromatic nitrogens is 1. The van der Waals surface area contributed by atoms with Crippen molar-refractivity contribution in [3.63, 3.8) is 0 Å². The zero-order valence-electron chi connectivity index (χ0n) is 13.4. The zero-order valence-corrected chi connectivity index (χ0v) is 14.2. The predicted octanol–water partition coefficient (Wildman–Crippen LogP) is 2.33. The van der Waals surface area contributed by atoms with Gasteiger partial charge in [-0.3, -0.25) is 4.79 Å². The average Bonchev–Trinajstić information content (AvgIpc) is 3.26. The minimum absolute atomic E-state index is 0.0556. The van der Waals surface area contributed by atoms with E-state index in [1.165, 1.54) is 6.07 Å². The van der Waals surface area contributed by atoms with Crippen molar-refractivity contribution in [1.82, 2.24) is 9.47 Å². The average molecular weight is 343 g/mol. The Morgan fingerprint density at radius 2 is 2.29 bits per heavy atom. The molecule has 0 spiro atoms. The normalized spacial score (nSPS) is 20.2. The smallest absolute Gasteiger partial charge is 0.354 e. The van der Waals surface area contributed by atoms with Gasteiger partial charge in [-0.25, -0.2) is 4.79 Å². The highest BCUT2D eigenvalue weighted by atomic mass is 32.1. The fourth-order valence-electron chi connectivity index (χ4n) is 3.07. The third-order valence-electron chi connectivity index (χ3n) is 4.30. The SMILES string of the molecule is CN1C(=O)C[C@@H](COC(=O)c2cc(C#N)cn2C)[C@@H]1c1cccs1. The van der Waals surface area contributed by atoms with Crippen LogP contribution >= 0.6 is 11.3 Å². The highest BCUT2D eigenvalue weighted by Gasteiger charge is 2.39. The first-order valence-corrected chi connectivity index (χ1v) is 8.42. The first kappa shape index (κ1) is 16.3. The van der Waals surface area contributed by atoms with E-state index < -0.39 is 5.97 Å². The van der Waals surface area contributed by atoms with Crippen molar-refractivity contribution in [2.75, 3.05) is 13.7 Å². The number of rotatable bonds is 4. The van der Waals surface area contributed by atoms with Crippen LogP contribution in [0.2, 0.25) is 0 Å². The van der Waals surface area contributed by atoms with Gasteiger partial charge >= 0.3 is 5.97 Å². The molecular weight excluding hydrogens is 326 g/mol. The van der Waals surface area contributed by atoms with Gasteiger partial charge in [0.15, 0.2) is 0 Å². The predicted molar refractivity (Wildman–Crippen MR) is 88.3 cm³/mol. The summed E-state index contributed by atoms with van der Waals surface area (Å²) < 4.78 is 7.01. The van der Waals surface area contributed by atoms with Crippen molar-refractivity contribution >= 4 is 23.2 Å². The Balaban J connectivity index is 1.71. The Labute approximate surface area is 143 Å². The van der Waals surface area contributed by atoms with Gasteiger partial charge in [0.1, 0.15) is 11.8 Å². The van der Waals surface area contributed by atoms with Crippen LogP contribution in [-0.2, 0) is 16.6 Å². The molecule has 0 radical (unpaired) electrons. The van der Waals surface area contributed by atoms with Crippen LogP contribution < -0.4 is 0 Å². The molecule has 0 bridgehead atoms. The van der Waals surface area contributed by atoms with E-state index in [2.05, 4.69) is 0 Å². The molecule has 0 N–H and O–H groups in total. The summed E-state index contributed by atoms with van der Waals surface area (Å²) in [5.41, 5.74) is 0.744. The van der Waals surface area contributed by atoms with Gasteiger partial charge in [-0.2, -0.15) is 5.26 Å². The summed E-state index contributed by atoms with van der Waals surface area (Å²) >= 11 is 1.59. The molecule has 3 heterocycles. The molecule has 7 heteroatoms. The summed E-state index contributed by atoms with van der Waals surface area (Å²) in [6.07, 6.45) is 1.95. The zero-order chi connectivity index (χ0) is 17.3. The topological polar surface area (TPSA) is 75.3 Å². The van der Waals surface area contributed by atoms with Gasteiger partial charge in [0.2, 0.25) is 5.91 Å². The van der Waals surface area contributed by atoms with E-state index in [1.807, 2.05) is 23.6 Å². The monoisotopic (exact) mass is 343 g/mol. The summed E-state index contributed by atoms with van der Waals surface area (Å²) in [7, 11) is 3.48. The Morgan fingerprint density at radius 3 is 2.92 bits per heavy atom. The maximum absolute atomic E-state index is 12.3. The number of carbonyl (C=O) groups excluding carboxylic acids is 2. The van der Waals surface area contributed by atoms with Gasteiger partial charge in [0.05, 0.1) is 18.2 Å². The van der Waals surface area contributed by atoms with Crippen molar-refractivity contribution in [3.8, 4) is 6.07 Å². The molecule has 2 aromatic rings. The van der Waals surface area contributed by atoms with Crippen LogP contribution in [-0.4, -0.2) is 35.0 Å². The molecule has 0 aliphatic carbocycles. The van der Waals surface area contributed by atoms with Crippen molar-refractivity contribution in [2.24, 2.45) is 13.0 Å².